The molecule has 74 valence electrons. The highest BCUT2D eigenvalue weighted by atomic mass is 15.0. The molecule has 0 bridgehead atoms. The molecule has 0 saturated carbocycles. The predicted octanol–water partition coefficient (Wildman–Crippen LogP) is 3.07. The maximum Gasteiger partial charge on any atom is 0.0991 e. The van der Waals surface area contributed by atoms with E-state index in [1.165, 1.54) is 5.56 Å². The fourth-order valence-corrected chi connectivity index (χ4v) is 1.27. The Morgan fingerprint density at radius 2 is 2.07 bits per heavy atom. The van der Waals surface area contributed by atoms with E-state index in [-0.39, 0.29) is 0 Å². The van der Waals surface area contributed by atoms with Crippen LogP contribution < -0.4 is 0 Å². The molecule has 15 heavy (non-hydrogen) atoms. The summed E-state index contributed by atoms with van der Waals surface area (Å²) in [6.45, 7) is 3.95. The third-order valence-electron chi connectivity index (χ3n) is 2.10. The highest BCUT2D eigenvalue weighted by molar-refractivity contribution is 5.65. The van der Waals surface area contributed by atoms with Gasteiger partial charge in [0.25, 0.3) is 0 Å². The Morgan fingerprint density at radius 3 is 2.73 bits per heavy atom. The van der Waals surface area contributed by atoms with E-state index in [2.05, 4.69) is 23.7 Å². The minimum Gasteiger partial charge on any atom is -0.307 e. The van der Waals surface area contributed by atoms with Crippen molar-refractivity contribution < 1.29 is 0 Å². The van der Waals surface area contributed by atoms with Gasteiger partial charge in [-0.2, -0.15) is 0 Å². The van der Waals surface area contributed by atoms with Crippen LogP contribution in [-0.2, 0) is 0 Å². The largest absolute Gasteiger partial charge is 0.307 e. The summed E-state index contributed by atoms with van der Waals surface area (Å²) in [5.74, 6) is 0. The zero-order chi connectivity index (χ0) is 10.5. The van der Waals surface area contributed by atoms with Crippen LogP contribution in [0.25, 0.3) is 11.8 Å². The van der Waals surface area contributed by atoms with E-state index in [4.69, 9.17) is 0 Å². The van der Waals surface area contributed by atoms with Crippen LogP contribution in [0.5, 0.6) is 0 Å². The van der Waals surface area contributed by atoms with E-state index >= 15 is 0 Å². The fraction of sp³-hybridized carbons (Fsp3) is 0. The van der Waals surface area contributed by atoms with Crippen molar-refractivity contribution in [3.8, 4) is 0 Å². The number of aromatic nitrogens is 2. The molecule has 0 amide bonds. The monoisotopic (exact) mass is 196 g/mol. The second-order valence-corrected chi connectivity index (χ2v) is 3.21. The lowest BCUT2D eigenvalue weighted by molar-refractivity contribution is 1.11. The SMILES string of the molecule is C=C(/C=C/c1ccccc1)n1ccnc1. The summed E-state index contributed by atoms with van der Waals surface area (Å²) >= 11 is 0. The van der Waals surface area contributed by atoms with Crippen molar-refractivity contribution in [2.75, 3.05) is 0 Å². The topological polar surface area (TPSA) is 17.8 Å². The zero-order valence-corrected chi connectivity index (χ0v) is 8.38. The molecule has 0 saturated heterocycles. The molecule has 0 aliphatic heterocycles. The van der Waals surface area contributed by atoms with Crippen LogP contribution in [0.1, 0.15) is 5.56 Å². The van der Waals surface area contributed by atoms with Crippen LogP contribution in [0.3, 0.4) is 0 Å². The summed E-state index contributed by atoms with van der Waals surface area (Å²) in [7, 11) is 0. The smallest absolute Gasteiger partial charge is 0.0991 e. The van der Waals surface area contributed by atoms with E-state index in [1.54, 1.807) is 12.5 Å². The fourth-order valence-electron chi connectivity index (χ4n) is 1.27. The number of hydrogen-bond donors (Lipinski definition) is 0. The van der Waals surface area contributed by atoms with Crippen molar-refractivity contribution in [2.24, 2.45) is 0 Å². The molecule has 1 heterocycles. The lowest BCUT2D eigenvalue weighted by Crippen LogP contribution is -1.87. The van der Waals surface area contributed by atoms with E-state index < -0.39 is 0 Å². The molecule has 0 radical (unpaired) electrons. The number of benzene rings is 1. The van der Waals surface area contributed by atoms with Gasteiger partial charge in [-0.15, -0.1) is 0 Å². The number of imidazole rings is 1. The first kappa shape index (κ1) is 9.46. The van der Waals surface area contributed by atoms with Gasteiger partial charge in [-0.1, -0.05) is 43.0 Å². The van der Waals surface area contributed by atoms with E-state index in [1.807, 2.05) is 41.1 Å². The molecule has 0 aliphatic rings. The van der Waals surface area contributed by atoms with Gasteiger partial charge in [0.05, 0.1) is 6.33 Å². The molecule has 0 spiro atoms. The van der Waals surface area contributed by atoms with Crippen molar-refractivity contribution in [3.05, 3.63) is 67.3 Å². The highest BCUT2D eigenvalue weighted by Gasteiger charge is 1.90. The molecule has 2 rings (SSSR count). The Hall–Kier alpha value is -2.09. The van der Waals surface area contributed by atoms with Crippen molar-refractivity contribution in [1.82, 2.24) is 9.55 Å². The maximum absolute atomic E-state index is 3.97. The van der Waals surface area contributed by atoms with Crippen LogP contribution in [0.15, 0.2) is 61.7 Å². The Labute approximate surface area is 89.2 Å². The minimum atomic E-state index is 0.899. The first-order chi connectivity index (χ1) is 7.36. The Kier molecular flexibility index (Phi) is 2.79. The number of allylic oxidation sites excluding steroid dienone is 2. The van der Waals surface area contributed by atoms with Gasteiger partial charge < -0.3 is 4.57 Å². The summed E-state index contributed by atoms with van der Waals surface area (Å²) in [5, 5.41) is 0. The second-order valence-electron chi connectivity index (χ2n) is 3.21. The highest BCUT2D eigenvalue weighted by Crippen LogP contribution is 2.07. The van der Waals surface area contributed by atoms with Gasteiger partial charge in [-0.25, -0.2) is 4.98 Å². The Balaban J connectivity index is 2.10. The summed E-state index contributed by atoms with van der Waals surface area (Å²) in [4.78, 5) is 3.97. The van der Waals surface area contributed by atoms with Crippen LogP contribution in [-0.4, -0.2) is 9.55 Å². The lowest BCUT2D eigenvalue weighted by Gasteiger charge is -1.99. The third-order valence-corrected chi connectivity index (χ3v) is 2.10. The van der Waals surface area contributed by atoms with Crippen molar-refractivity contribution in [1.29, 1.82) is 0 Å². The van der Waals surface area contributed by atoms with Crippen molar-refractivity contribution >= 4 is 11.8 Å². The van der Waals surface area contributed by atoms with Gasteiger partial charge in [0.15, 0.2) is 0 Å². The number of rotatable bonds is 3. The van der Waals surface area contributed by atoms with Crippen LogP contribution >= 0.6 is 0 Å². The molecular weight excluding hydrogens is 184 g/mol. The van der Waals surface area contributed by atoms with E-state index in [0.717, 1.165) is 5.70 Å². The first-order valence-electron chi connectivity index (χ1n) is 4.76. The third kappa shape index (κ3) is 2.44. The van der Waals surface area contributed by atoms with Gasteiger partial charge in [-0.3, -0.25) is 0 Å². The Bertz CT molecular complexity index is 453. The minimum absolute atomic E-state index is 0.899. The molecular formula is C13H12N2. The summed E-state index contributed by atoms with van der Waals surface area (Å²) in [6.07, 6.45) is 9.34. The van der Waals surface area contributed by atoms with Gasteiger partial charge in [0, 0.05) is 18.1 Å². The van der Waals surface area contributed by atoms with Gasteiger partial charge >= 0.3 is 0 Å². The van der Waals surface area contributed by atoms with Gasteiger partial charge in [-0.05, 0) is 11.6 Å². The van der Waals surface area contributed by atoms with Crippen LogP contribution in [0.4, 0.5) is 0 Å². The second kappa shape index (κ2) is 4.42. The molecule has 0 fully saturated rings. The molecule has 0 aliphatic carbocycles. The number of nitrogens with zero attached hydrogens (tertiary/aromatic N) is 2. The van der Waals surface area contributed by atoms with E-state index in [9.17, 15) is 0 Å². The standard InChI is InChI=1S/C13H12N2/c1-12(15-10-9-14-11-15)7-8-13-5-3-2-4-6-13/h2-11H,1H2/b8-7+. The quantitative estimate of drug-likeness (QED) is 0.690. The number of hydrogen-bond acceptors (Lipinski definition) is 1. The molecule has 1 aromatic carbocycles. The van der Waals surface area contributed by atoms with Gasteiger partial charge in [0.1, 0.15) is 0 Å². The van der Waals surface area contributed by atoms with E-state index in [0.29, 0.717) is 0 Å². The maximum atomic E-state index is 3.97. The molecule has 0 N–H and O–H groups in total. The molecule has 0 unspecified atom stereocenters. The van der Waals surface area contributed by atoms with Crippen molar-refractivity contribution in [2.45, 2.75) is 0 Å². The average molecular weight is 196 g/mol. The normalized spacial score (nSPS) is 10.7. The van der Waals surface area contributed by atoms with Crippen LogP contribution in [0.2, 0.25) is 0 Å². The zero-order valence-electron chi connectivity index (χ0n) is 8.38. The summed E-state index contributed by atoms with van der Waals surface area (Å²) in [6, 6.07) is 10.1. The summed E-state index contributed by atoms with van der Waals surface area (Å²) in [5.41, 5.74) is 2.06. The summed E-state index contributed by atoms with van der Waals surface area (Å²) < 4.78 is 1.87. The first-order valence-corrected chi connectivity index (χ1v) is 4.76. The predicted molar refractivity (Wildman–Crippen MR) is 63.0 cm³/mol. The lowest BCUT2D eigenvalue weighted by atomic mass is 10.2. The Morgan fingerprint density at radius 1 is 1.27 bits per heavy atom. The molecule has 0 atom stereocenters. The molecule has 2 aromatic rings. The molecule has 1 aromatic heterocycles. The molecule has 2 nitrogen and oxygen atoms in total. The van der Waals surface area contributed by atoms with Crippen molar-refractivity contribution in [3.63, 3.8) is 0 Å². The molecule has 2 heteroatoms. The average Bonchev–Trinajstić information content (AvgIpc) is 2.81. The van der Waals surface area contributed by atoms with Gasteiger partial charge in [0.2, 0.25) is 0 Å². The van der Waals surface area contributed by atoms with Crippen LogP contribution in [0, 0.1) is 0 Å².